The molecule has 0 saturated carbocycles. The Kier molecular flexibility index (Phi) is 4.30. The molecule has 0 saturated heterocycles. The summed E-state index contributed by atoms with van der Waals surface area (Å²) in [6.45, 7) is 0.881. The summed E-state index contributed by atoms with van der Waals surface area (Å²) >= 11 is 0. The monoisotopic (exact) mass is 364 g/mol. The second kappa shape index (κ2) is 6.62. The van der Waals surface area contributed by atoms with Crippen molar-refractivity contribution in [2.45, 2.75) is 6.10 Å². The van der Waals surface area contributed by atoms with Gasteiger partial charge in [-0.05, 0) is 17.5 Å². The van der Waals surface area contributed by atoms with E-state index in [1.165, 1.54) is 0 Å². The van der Waals surface area contributed by atoms with Gasteiger partial charge in [0, 0.05) is 36.9 Å². The molecule has 0 fully saturated rings. The van der Waals surface area contributed by atoms with E-state index in [0.29, 0.717) is 30.1 Å². The summed E-state index contributed by atoms with van der Waals surface area (Å²) < 4.78 is 18.9. The predicted molar refractivity (Wildman–Crippen MR) is 102 cm³/mol. The van der Waals surface area contributed by atoms with Gasteiger partial charge in [0.1, 0.15) is 6.61 Å². The maximum Gasteiger partial charge on any atom is 0.258 e. The van der Waals surface area contributed by atoms with Crippen molar-refractivity contribution in [2.75, 3.05) is 20.3 Å². The third-order valence-electron chi connectivity index (χ3n) is 4.50. The Morgan fingerprint density at radius 2 is 2.00 bits per heavy atom. The van der Waals surface area contributed by atoms with Crippen molar-refractivity contribution in [3.8, 4) is 22.6 Å². The molecule has 0 aliphatic carbocycles. The number of pyridine rings is 1. The fourth-order valence-corrected chi connectivity index (χ4v) is 3.59. The van der Waals surface area contributed by atoms with Crippen molar-refractivity contribution in [3.05, 3.63) is 52.9 Å². The normalized spacial score (nSPS) is 16.0. The Hall–Kier alpha value is -2.57. The molecule has 3 aromatic rings. The maximum atomic E-state index is 12.5. The van der Waals surface area contributed by atoms with Crippen LogP contribution in [0.5, 0.6) is 11.5 Å². The molecule has 5 nitrogen and oxygen atoms in total. The van der Waals surface area contributed by atoms with Crippen molar-refractivity contribution in [2.24, 2.45) is 7.05 Å². The molecule has 2 aromatic carbocycles. The van der Waals surface area contributed by atoms with Gasteiger partial charge in [0.2, 0.25) is 0 Å². The molecule has 0 spiro atoms. The van der Waals surface area contributed by atoms with Gasteiger partial charge in [0.25, 0.3) is 5.56 Å². The minimum atomic E-state index is -0.175. The van der Waals surface area contributed by atoms with Gasteiger partial charge >= 0.3 is 0 Å². The average Bonchev–Trinajstić information content (AvgIpc) is 2.65. The number of ether oxygens (including phenoxy) is 3. The lowest BCUT2D eigenvalue weighted by atomic mass is 9.99. The summed E-state index contributed by atoms with van der Waals surface area (Å²) in [6, 6.07) is 11.5. The van der Waals surface area contributed by atoms with Gasteiger partial charge in [-0.25, -0.2) is 0 Å². The van der Waals surface area contributed by atoms with Gasteiger partial charge in [-0.15, -0.1) is 0 Å². The zero-order chi connectivity index (χ0) is 18.3. The van der Waals surface area contributed by atoms with Gasteiger partial charge < -0.3 is 18.8 Å². The third-order valence-corrected chi connectivity index (χ3v) is 4.79. The first kappa shape index (κ1) is 16.9. The van der Waals surface area contributed by atoms with E-state index in [1.54, 1.807) is 18.7 Å². The van der Waals surface area contributed by atoms with Crippen molar-refractivity contribution < 1.29 is 14.2 Å². The van der Waals surface area contributed by atoms with Crippen molar-refractivity contribution in [3.63, 3.8) is 0 Å². The predicted octanol–water partition coefficient (Wildman–Crippen LogP) is 1.79. The molecule has 0 bridgehead atoms. The van der Waals surface area contributed by atoms with E-state index in [-0.39, 0.29) is 11.7 Å². The van der Waals surface area contributed by atoms with Crippen LogP contribution < -0.4 is 20.2 Å². The minimum Gasteiger partial charge on any atom is -0.486 e. The van der Waals surface area contributed by atoms with Crippen LogP contribution in [0.2, 0.25) is 0 Å². The van der Waals surface area contributed by atoms with Crippen molar-refractivity contribution in [1.82, 2.24) is 4.57 Å². The molecule has 26 heavy (non-hydrogen) atoms. The van der Waals surface area contributed by atoms with Gasteiger partial charge in [0.15, 0.2) is 17.6 Å². The number of aromatic nitrogens is 1. The number of nitrogens with zero attached hydrogens (tertiary/aromatic N) is 1. The van der Waals surface area contributed by atoms with Crippen LogP contribution in [-0.4, -0.2) is 41.2 Å². The van der Waals surface area contributed by atoms with Crippen LogP contribution in [0, 0.1) is 0 Å². The molecule has 6 heteroatoms. The molecule has 0 N–H and O–H groups in total. The first-order valence-electron chi connectivity index (χ1n) is 8.35. The molecule has 131 valence electrons. The lowest BCUT2D eigenvalue weighted by Gasteiger charge is -2.28. The standard InChI is InChI=1S/C20H18NO4Si/c1-21-9-17(14-5-3-4-6-15(14)20(21)22)16-7-13(26)8-18-19(16)25-12(10-23-2)11-24-18/h3-9,12H,10-11H2,1-2H3. The highest BCUT2D eigenvalue weighted by Gasteiger charge is 2.25. The second-order valence-corrected chi connectivity index (χ2v) is 6.94. The molecule has 0 amide bonds. The molecule has 1 unspecified atom stereocenters. The largest absolute Gasteiger partial charge is 0.486 e. The number of aryl methyl sites for hydroxylation is 1. The molecule has 1 atom stereocenters. The van der Waals surface area contributed by atoms with Crippen molar-refractivity contribution >= 4 is 26.2 Å². The Morgan fingerprint density at radius 1 is 1.23 bits per heavy atom. The van der Waals surface area contributed by atoms with E-state index in [1.807, 2.05) is 42.6 Å². The van der Waals surface area contributed by atoms with Gasteiger partial charge in [-0.2, -0.15) is 0 Å². The molecule has 3 radical (unpaired) electrons. The topological polar surface area (TPSA) is 49.7 Å². The molecule has 1 aliphatic heterocycles. The number of benzene rings is 2. The second-order valence-electron chi connectivity index (χ2n) is 6.36. The smallest absolute Gasteiger partial charge is 0.258 e. The van der Waals surface area contributed by atoms with Crippen LogP contribution in [0.15, 0.2) is 47.4 Å². The fourth-order valence-electron chi connectivity index (χ4n) is 3.31. The average molecular weight is 364 g/mol. The van der Waals surface area contributed by atoms with E-state index >= 15 is 0 Å². The highest BCUT2D eigenvalue weighted by atomic mass is 28.1. The van der Waals surface area contributed by atoms with Crippen LogP contribution in [-0.2, 0) is 11.8 Å². The first-order chi connectivity index (χ1) is 12.6. The van der Waals surface area contributed by atoms with Crippen LogP contribution in [0.25, 0.3) is 21.9 Å². The molecule has 2 heterocycles. The SMILES string of the molecule is COCC1COc2cc([Si])cc(-c3cn(C)c(=O)c4ccccc34)c2O1. The van der Waals surface area contributed by atoms with Crippen LogP contribution in [0.4, 0.5) is 0 Å². The Morgan fingerprint density at radius 3 is 2.77 bits per heavy atom. The number of fused-ring (bicyclic) bond motifs is 2. The Bertz CT molecular complexity index is 1040. The lowest BCUT2D eigenvalue weighted by molar-refractivity contribution is 0.0278. The molecule has 4 rings (SSSR count). The zero-order valence-electron chi connectivity index (χ0n) is 14.6. The number of hydrogen-bond donors (Lipinski definition) is 0. The minimum absolute atomic E-state index is 0.0258. The highest BCUT2D eigenvalue weighted by Crippen LogP contribution is 2.42. The molecular weight excluding hydrogens is 346 g/mol. The van der Waals surface area contributed by atoms with Gasteiger partial charge in [-0.3, -0.25) is 4.79 Å². The van der Waals surface area contributed by atoms with E-state index in [4.69, 9.17) is 14.2 Å². The third kappa shape index (κ3) is 2.81. The summed E-state index contributed by atoms with van der Waals surface area (Å²) in [4.78, 5) is 12.5. The quantitative estimate of drug-likeness (QED) is 0.665. The van der Waals surface area contributed by atoms with E-state index in [9.17, 15) is 4.79 Å². The summed E-state index contributed by atoms with van der Waals surface area (Å²) in [7, 11) is 7.01. The highest BCUT2D eigenvalue weighted by molar-refractivity contribution is 6.33. The Labute approximate surface area is 154 Å². The van der Waals surface area contributed by atoms with Crippen LogP contribution >= 0.6 is 0 Å². The fraction of sp³-hybridized carbons (Fsp3) is 0.250. The Balaban J connectivity index is 1.98. The molecular formula is C20H18NO4Si. The van der Waals surface area contributed by atoms with Crippen molar-refractivity contribution in [1.29, 1.82) is 0 Å². The van der Waals surface area contributed by atoms with Gasteiger partial charge in [-0.1, -0.05) is 29.5 Å². The van der Waals surface area contributed by atoms with Crippen LogP contribution in [0.1, 0.15) is 0 Å². The van der Waals surface area contributed by atoms with E-state index < -0.39 is 0 Å². The molecule has 1 aromatic heterocycles. The first-order valence-corrected chi connectivity index (χ1v) is 8.85. The summed E-state index contributed by atoms with van der Waals surface area (Å²) in [5.41, 5.74) is 1.77. The molecule has 1 aliphatic rings. The number of methoxy groups -OCH3 is 1. The van der Waals surface area contributed by atoms with Gasteiger partial charge in [0.05, 0.1) is 16.8 Å². The summed E-state index contributed by atoms with van der Waals surface area (Å²) in [6.07, 6.45) is 1.67. The summed E-state index contributed by atoms with van der Waals surface area (Å²) in [5.74, 6) is 1.35. The van der Waals surface area contributed by atoms with E-state index in [0.717, 1.165) is 21.7 Å². The maximum absolute atomic E-state index is 12.5. The lowest BCUT2D eigenvalue weighted by Crippen LogP contribution is -2.33. The number of hydrogen-bond acceptors (Lipinski definition) is 4. The van der Waals surface area contributed by atoms with Crippen LogP contribution in [0.3, 0.4) is 0 Å². The summed E-state index contributed by atoms with van der Waals surface area (Å²) in [5, 5.41) is 2.43. The van der Waals surface area contributed by atoms with E-state index in [2.05, 4.69) is 10.2 Å². The zero-order valence-corrected chi connectivity index (χ0v) is 15.6. The number of rotatable bonds is 3.